The third-order valence-corrected chi connectivity index (χ3v) is 4.56. The molecule has 6 heteroatoms. The molecule has 0 unspecified atom stereocenters. The second-order valence-corrected chi connectivity index (χ2v) is 6.15. The lowest BCUT2D eigenvalue weighted by atomic mass is 9.97. The molecule has 0 aromatic heterocycles. The Morgan fingerprint density at radius 2 is 1.83 bits per heavy atom. The van der Waals surface area contributed by atoms with Gasteiger partial charge in [0.05, 0.1) is 13.1 Å². The average molecular weight is 316 g/mol. The summed E-state index contributed by atoms with van der Waals surface area (Å²) >= 11 is 0. The van der Waals surface area contributed by atoms with Gasteiger partial charge in [0.15, 0.2) is 0 Å². The number of anilines is 1. The largest absolute Gasteiger partial charge is 0.346 e. The van der Waals surface area contributed by atoms with E-state index < -0.39 is 0 Å². The third-order valence-electron chi connectivity index (χ3n) is 4.56. The molecular formula is C17H22N3O3+. The van der Waals surface area contributed by atoms with Crippen molar-refractivity contribution in [3.63, 3.8) is 0 Å². The van der Waals surface area contributed by atoms with Crippen LogP contribution in [0.1, 0.15) is 36.0 Å². The number of nitrogens with two attached hydrogens (primary N) is 1. The van der Waals surface area contributed by atoms with Crippen molar-refractivity contribution in [3.05, 3.63) is 29.8 Å². The van der Waals surface area contributed by atoms with Gasteiger partial charge in [-0.1, -0.05) is 0 Å². The molecule has 0 spiro atoms. The Morgan fingerprint density at radius 3 is 2.43 bits per heavy atom. The Labute approximate surface area is 135 Å². The van der Waals surface area contributed by atoms with Crippen LogP contribution in [0.4, 0.5) is 5.69 Å². The van der Waals surface area contributed by atoms with Crippen molar-refractivity contribution in [1.29, 1.82) is 0 Å². The van der Waals surface area contributed by atoms with Gasteiger partial charge in [0.2, 0.25) is 11.8 Å². The fraction of sp³-hybridized carbons (Fsp3) is 0.471. The number of rotatable bonds is 3. The van der Waals surface area contributed by atoms with E-state index in [0.29, 0.717) is 12.0 Å². The Hall–Kier alpha value is -2.21. The minimum Gasteiger partial charge on any atom is -0.346 e. The molecule has 23 heavy (non-hydrogen) atoms. The average Bonchev–Trinajstić information content (AvgIpc) is 3.02. The van der Waals surface area contributed by atoms with Crippen LogP contribution in [0.5, 0.6) is 0 Å². The van der Waals surface area contributed by atoms with Gasteiger partial charge in [-0.15, -0.1) is 0 Å². The zero-order valence-corrected chi connectivity index (χ0v) is 13.1. The lowest BCUT2D eigenvalue weighted by molar-refractivity contribution is -0.664. The number of carbonyl (C=O) groups excluding carboxylic acids is 3. The number of quaternary nitrogens is 1. The third kappa shape index (κ3) is 3.59. The molecule has 2 fully saturated rings. The predicted molar refractivity (Wildman–Crippen MR) is 84.9 cm³/mol. The van der Waals surface area contributed by atoms with Crippen LogP contribution in [0.2, 0.25) is 0 Å². The van der Waals surface area contributed by atoms with E-state index in [9.17, 15) is 14.4 Å². The van der Waals surface area contributed by atoms with E-state index in [1.165, 1.54) is 0 Å². The maximum Gasteiger partial charge on any atom is 0.257 e. The number of hydrogen-bond acceptors (Lipinski definition) is 3. The molecule has 2 heterocycles. The number of nitrogens with one attached hydrogen (secondary N) is 1. The smallest absolute Gasteiger partial charge is 0.257 e. The summed E-state index contributed by atoms with van der Waals surface area (Å²) in [4.78, 5) is 37.7. The molecule has 1 aromatic rings. The fourth-order valence-corrected chi connectivity index (χ4v) is 3.19. The van der Waals surface area contributed by atoms with Crippen LogP contribution in [0, 0.1) is 5.92 Å². The highest BCUT2D eigenvalue weighted by Gasteiger charge is 2.25. The zero-order chi connectivity index (χ0) is 16.2. The van der Waals surface area contributed by atoms with E-state index in [0.717, 1.165) is 44.6 Å². The maximum absolute atomic E-state index is 12.2. The van der Waals surface area contributed by atoms with Crippen molar-refractivity contribution in [1.82, 2.24) is 5.32 Å². The zero-order valence-electron chi connectivity index (χ0n) is 13.1. The fourth-order valence-electron chi connectivity index (χ4n) is 3.19. The van der Waals surface area contributed by atoms with Gasteiger partial charge in [-0.05, 0) is 30.7 Å². The van der Waals surface area contributed by atoms with Crippen LogP contribution in [0.3, 0.4) is 0 Å². The van der Waals surface area contributed by atoms with Crippen molar-refractivity contribution in [2.45, 2.75) is 25.7 Å². The number of imide groups is 1. The summed E-state index contributed by atoms with van der Waals surface area (Å²) < 4.78 is 0. The van der Waals surface area contributed by atoms with Gasteiger partial charge in [-0.3, -0.25) is 19.7 Å². The molecule has 2 saturated heterocycles. The number of nitrogens with zero attached hydrogens (tertiary/aromatic N) is 1. The number of benzene rings is 1. The van der Waals surface area contributed by atoms with Crippen molar-refractivity contribution < 1.29 is 19.7 Å². The maximum atomic E-state index is 12.2. The van der Waals surface area contributed by atoms with E-state index in [4.69, 9.17) is 0 Å². The summed E-state index contributed by atoms with van der Waals surface area (Å²) in [5.74, 6) is -0.498. The topological polar surface area (TPSA) is 83.1 Å². The van der Waals surface area contributed by atoms with Crippen LogP contribution in [-0.2, 0) is 9.59 Å². The van der Waals surface area contributed by atoms with E-state index in [1.54, 1.807) is 29.2 Å². The summed E-state index contributed by atoms with van der Waals surface area (Å²) in [5.41, 5.74) is 1.24. The van der Waals surface area contributed by atoms with E-state index in [1.807, 2.05) is 0 Å². The van der Waals surface area contributed by atoms with Crippen LogP contribution >= 0.6 is 0 Å². The van der Waals surface area contributed by atoms with E-state index >= 15 is 0 Å². The van der Waals surface area contributed by atoms with E-state index in [-0.39, 0.29) is 23.6 Å². The van der Waals surface area contributed by atoms with Crippen molar-refractivity contribution in [3.8, 4) is 0 Å². The first-order chi connectivity index (χ1) is 11.1. The second-order valence-electron chi connectivity index (χ2n) is 6.15. The van der Waals surface area contributed by atoms with Gasteiger partial charge in [0.25, 0.3) is 5.91 Å². The Bertz CT molecular complexity index is 606. The Kier molecular flexibility index (Phi) is 4.71. The summed E-state index contributed by atoms with van der Waals surface area (Å²) in [6.45, 7) is 2.59. The highest BCUT2D eigenvalue weighted by atomic mass is 16.2. The number of amides is 3. The van der Waals surface area contributed by atoms with Gasteiger partial charge in [-0.25, -0.2) is 0 Å². The first-order valence-corrected chi connectivity index (χ1v) is 8.22. The molecule has 3 N–H and O–H groups in total. The molecular weight excluding hydrogens is 294 g/mol. The summed E-state index contributed by atoms with van der Waals surface area (Å²) in [5, 5.41) is 4.68. The second kappa shape index (κ2) is 6.91. The summed E-state index contributed by atoms with van der Waals surface area (Å²) in [7, 11) is 0. The molecule has 0 atom stereocenters. The molecule has 1 aromatic carbocycles. The van der Waals surface area contributed by atoms with Gasteiger partial charge in [0.1, 0.15) is 0 Å². The minimum atomic E-state index is -0.371. The Balaban J connectivity index is 1.61. The number of piperidine rings is 1. The first kappa shape index (κ1) is 15.7. The lowest BCUT2D eigenvalue weighted by Gasteiger charge is -2.19. The SMILES string of the molecule is O=C(NC(=O)C1CC[NH2+]CC1)c1ccc(N2CCCC2=O)cc1. The van der Waals surface area contributed by atoms with Crippen molar-refractivity contribution >= 4 is 23.4 Å². The van der Waals surface area contributed by atoms with Gasteiger partial charge in [-0.2, -0.15) is 0 Å². The molecule has 6 nitrogen and oxygen atoms in total. The molecule has 0 saturated carbocycles. The van der Waals surface area contributed by atoms with Crippen LogP contribution in [0.25, 0.3) is 0 Å². The molecule has 3 rings (SSSR count). The van der Waals surface area contributed by atoms with Crippen LogP contribution in [-0.4, -0.2) is 37.4 Å². The van der Waals surface area contributed by atoms with Gasteiger partial charge >= 0.3 is 0 Å². The Morgan fingerprint density at radius 1 is 1.13 bits per heavy atom. The molecule has 0 bridgehead atoms. The first-order valence-electron chi connectivity index (χ1n) is 8.22. The molecule has 0 aliphatic carbocycles. The van der Waals surface area contributed by atoms with Crippen LogP contribution in [0.15, 0.2) is 24.3 Å². The molecule has 0 radical (unpaired) electrons. The van der Waals surface area contributed by atoms with E-state index in [2.05, 4.69) is 10.6 Å². The summed E-state index contributed by atoms with van der Waals surface area (Å²) in [6.07, 6.45) is 3.08. The molecule has 3 amide bonds. The standard InChI is InChI=1S/C17H21N3O3/c21-15-2-1-11-20(15)14-5-3-12(4-6-14)16(22)19-17(23)13-7-9-18-10-8-13/h3-6,13,18H,1-2,7-11H2,(H,19,22,23)/p+1. The lowest BCUT2D eigenvalue weighted by Crippen LogP contribution is -2.86. The monoisotopic (exact) mass is 316 g/mol. The van der Waals surface area contributed by atoms with Gasteiger partial charge in [0, 0.05) is 43.0 Å². The predicted octanol–water partition coefficient (Wildman–Crippen LogP) is 0.0432. The number of carbonyl (C=O) groups is 3. The molecule has 122 valence electrons. The minimum absolute atomic E-state index is 0.0644. The summed E-state index contributed by atoms with van der Waals surface area (Å²) in [6, 6.07) is 6.85. The highest BCUT2D eigenvalue weighted by molar-refractivity contribution is 6.05. The van der Waals surface area contributed by atoms with Crippen molar-refractivity contribution in [2.24, 2.45) is 5.92 Å². The normalized spacial score (nSPS) is 19.0. The molecule has 2 aliphatic heterocycles. The molecule has 2 aliphatic rings. The van der Waals surface area contributed by atoms with Crippen molar-refractivity contribution in [2.75, 3.05) is 24.5 Å². The van der Waals surface area contributed by atoms with Gasteiger partial charge < -0.3 is 10.2 Å². The number of hydrogen-bond donors (Lipinski definition) is 2. The highest BCUT2D eigenvalue weighted by Crippen LogP contribution is 2.21. The van der Waals surface area contributed by atoms with Crippen LogP contribution < -0.4 is 15.5 Å². The quantitative estimate of drug-likeness (QED) is 0.773.